The molecule has 27 heavy (non-hydrogen) atoms. The summed E-state index contributed by atoms with van der Waals surface area (Å²) in [4.78, 5) is 24.3. The van der Waals surface area contributed by atoms with Crippen molar-refractivity contribution in [2.24, 2.45) is 0 Å². The molecule has 6 nitrogen and oxygen atoms in total. The van der Waals surface area contributed by atoms with Gasteiger partial charge in [0.2, 0.25) is 5.91 Å². The molecule has 0 unspecified atom stereocenters. The maximum Gasteiger partial charge on any atom is 0.319 e. The highest BCUT2D eigenvalue weighted by Crippen LogP contribution is 2.31. The highest BCUT2D eigenvalue weighted by atomic mass is 19.1. The Morgan fingerprint density at radius 1 is 1.19 bits per heavy atom. The molecule has 1 aliphatic heterocycles. The van der Waals surface area contributed by atoms with E-state index in [0.717, 1.165) is 17.7 Å². The number of carbonyl (C=O) groups is 2. The molecule has 0 bridgehead atoms. The standard InChI is InChI=1S/C19H19F2N3O3/c1-10-3-5-11(6-4-10)23-19(26)24-17-13(9-22-18(17)25)16-14(20)7-12(27-2)8-15(16)21/h3-8,13,17H,9H2,1-2H3,(H,22,25)(H2,23,24,26)/t13-,17-/m1/s1. The van der Waals surface area contributed by atoms with E-state index in [9.17, 15) is 18.4 Å². The molecule has 1 saturated heterocycles. The number of ether oxygens (including phenoxy) is 1. The molecule has 3 N–H and O–H groups in total. The summed E-state index contributed by atoms with van der Waals surface area (Å²) in [5.74, 6) is -3.02. The van der Waals surface area contributed by atoms with Crippen LogP contribution < -0.4 is 20.7 Å². The van der Waals surface area contributed by atoms with Crippen molar-refractivity contribution in [1.29, 1.82) is 0 Å². The van der Waals surface area contributed by atoms with Gasteiger partial charge in [0.1, 0.15) is 23.4 Å². The molecular weight excluding hydrogens is 356 g/mol. The number of benzene rings is 2. The normalized spacial score (nSPS) is 18.7. The van der Waals surface area contributed by atoms with Crippen LogP contribution in [0.25, 0.3) is 0 Å². The van der Waals surface area contributed by atoms with E-state index >= 15 is 0 Å². The summed E-state index contributed by atoms with van der Waals surface area (Å²) in [6.45, 7) is 1.92. The van der Waals surface area contributed by atoms with Crippen molar-refractivity contribution in [3.63, 3.8) is 0 Å². The van der Waals surface area contributed by atoms with Gasteiger partial charge in [-0.1, -0.05) is 17.7 Å². The smallest absolute Gasteiger partial charge is 0.319 e. The fraction of sp³-hybridized carbons (Fsp3) is 0.263. The Morgan fingerprint density at radius 3 is 2.41 bits per heavy atom. The lowest BCUT2D eigenvalue weighted by Gasteiger charge is -2.20. The summed E-state index contributed by atoms with van der Waals surface area (Å²) in [6, 6.07) is 7.42. The Hall–Kier alpha value is -3.16. The molecule has 2 aromatic carbocycles. The summed E-state index contributed by atoms with van der Waals surface area (Å²) >= 11 is 0. The van der Waals surface area contributed by atoms with Crippen LogP contribution >= 0.6 is 0 Å². The van der Waals surface area contributed by atoms with Gasteiger partial charge >= 0.3 is 6.03 Å². The maximum atomic E-state index is 14.4. The molecule has 0 aromatic heterocycles. The molecule has 0 radical (unpaired) electrons. The van der Waals surface area contributed by atoms with Gasteiger partial charge in [0.15, 0.2) is 0 Å². The number of carbonyl (C=O) groups excluding carboxylic acids is 2. The third-order valence-corrected chi connectivity index (χ3v) is 4.44. The fourth-order valence-corrected chi connectivity index (χ4v) is 3.03. The van der Waals surface area contributed by atoms with E-state index in [2.05, 4.69) is 16.0 Å². The van der Waals surface area contributed by atoms with E-state index in [-0.39, 0.29) is 17.9 Å². The Bertz CT molecular complexity index is 848. The molecular formula is C19H19F2N3O3. The molecule has 0 saturated carbocycles. The minimum atomic E-state index is -1.10. The van der Waals surface area contributed by atoms with Gasteiger partial charge in [0, 0.05) is 35.8 Å². The van der Waals surface area contributed by atoms with Crippen molar-refractivity contribution >= 4 is 17.6 Å². The lowest BCUT2D eigenvalue weighted by atomic mass is 9.93. The van der Waals surface area contributed by atoms with E-state index in [1.807, 2.05) is 19.1 Å². The largest absolute Gasteiger partial charge is 0.497 e. The molecule has 3 amide bonds. The Balaban J connectivity index is 1.78. The van der Waals surface area contributed by atoms with Crippen LogP contribution in [0.2, 0.25) is 0 Å². The Labute approximate surface area is 154 Å². The van der Waals surface area contributed by atoms with Crippen molar-refractivity contribution in [1.82, 2.24) is 10.6 Å². The minimum Gasteiger partial charge on any atom is -0.497 e. The number of hydrogen-bond acceptors (Lipinski definition) is 3. The quantitative estimate of drug-likeness (QED) is 0.769. The van der Waals surface area contributed by atoms with Crippen molar-refractivity contribution < 1.29 is 23.1 Å². The van der Waals surface area contributed by atoms with Crippen LogP contribution in [0.3, 0.4) is 0 Å². The van der Waals surface area contributed by atoms with Crippen LogP contribution in [0.4, 0.5) is 19.3 Å². The van der Waals surface area contributed by atoms with Gasteiger partial charge in [-0.3, -0.25) is 4.79 Å². The lowest BCUT2D eigenvalue weighted by Crippen LogP contribution is -2.45. The minimum absolute atomic E-state index is 0.00841. The summed E-state index contributed by atoms with van der Waals surface area (Å²) in [5, 5.41) is 7.63. The van der Waals surface area contributed by atoms with Gasteiger partial charge in [-0.05, 0) is 19.1 Å². The van der Waals surface area contributed by atoms with Gasteiger partial charge in [0.25, 0.3) is 0 Å². The van der Waals surface area contributed by atoms with Gasteiger partial charge in [-0.2, -0.15) is 0 Å². The second-order valence-electron chi connectivity index (χ2n) is 6.30. The number of aryl methyl sites for hydroxylation is 1. The molecule has 0 spiro atoms. The van der Waals surface area contributed by atoms with Crippen molar-refractivity contribution in [2.45, 2.75) is 18.9 Å². The lowest BCUT2D eigenvalue weighted by molar-refractivity contribution is -0.120. The average molecular weight is 375 g/mol. The second-order valence-corrected chi connectivity index (χ2v) is 6.30. The van der Waals surface area contributed by atoms with Gasteiger partial charge in [-0.15, -0.1) is 0 Å². The summed E-state index contributed by atoms with van der Waals surface area (Å²) in [6.07, 6.45) is 0. The number of rotatable bonds is 4. The predicted molar refractivity (Wildman–Crippen MR) is 95.8 cm³/mol. The van der Waals surface area contributed by atoms with Gasteiger partial charge in [-0.25, -0.2) is 13.6 Å². The van der Waals surface area contributed by atoms with Crippen molar-refractivity contribution in [3.05, 3.63) is 59.2 Å². The first-order chi connectivity index (χ1) is 12.9. The zero-order valence-corrected chi connectivity index (χ0v) is 14.8. The predicted octanol–water partition coefficient (Wildman–Crippen LogP) is 2.69. The Morgan fingerprint density at radius 2 is 1.81 bits per heavy atom. The third kappa shape index (κ3) is 3.99. The van der Waals surface area contributed by atoms with Crippen LogP contribution in [0.15, 0.2) is 36.4 Å². The zero-order chi connectivity index (χ0) is 19.6. The first-order valence-corrected chi connectivity index (χ1v) is 8.34. The molecule has 1 heterocycles. The first-order valence-electron chi connectivity index (χ1n) is 8.34. The van der Waals surface area contributed by atoms with Crippen LogP contribution in [-0.4, -0.2) is 31.6 Å². The number of hydrogen-bond donors (Lipinski definition) is 3. The average Bonchev–Trinajstić information content (AvgIpc) is 2.97. The second kappa shape index (κ2) is 7.61. The maximum absolute atomic E-state index is 14.4. The number of amides is 3. The van der Waals surface area contributed by atoms with Gasteiger partial charge < -0.3 is 20.7 Å². The highest BCUT2D eigenvalue weighted by Gasteiger charge is 2.40. The van der Waals surface area contributed by atoms with E-state index in [1.165, 1.54) is 7.11 Å². The Kier molecular flexibility index (Phi) is 5.25. The number of nitrogens with one attached hydrogen (secondary N) is 3. The summed E-state index contributed by atoms with van der Waals surface area (Å²) in [5.41, 5.74) is 1.30. The van der Waals surface area contributed by atoms with Crippen molar-refractivity contribution in [2.75, 3.05) is 19.0 Å². The molecule has 142 valence electrons. The first kappa shape index (κ1) is 18.6. The molecule has 2 atom stereocenters. The summed E-state index contributed by atoms with van der Waals surface area (Å²) in [7, 11) is 1.30. The fourth-order valence-electron chi connectivity index (χ4n) is 3.03. The number of urea groups is 1. The number of methoxy groups -OCH3 is 1. The van der Waals surface area contributed by atoms with E-state index in [4.69, 9.17) is 4.74 Å². The van der Waals surface area contributed by atoms with Crippen LogP contribution in [-0.2, 0) is 4.79 Å². The van der Waals surface area contributed by atoms with E-state index in [0.29, 0.717) is 5.69 Å². The molecule has 2 aromatic rings. The van der Waals surface area contributed by atoms with E-state index in [1.54, 1.807) is 12.1 Å². The molecule has 8 heteroatoms. The monoisotopic (exact) mass is 375 g/mol. The highest BCUT2D eigenvalue weighted by molar-refractivity contribution is 5.95. The van der Waals surface area contributed by atoms with Gasteiger partial charge in [0.05, 0.1) is 7.11 Å². The molecule has 1 aliphatic rings. The van der Waals surface area contributed by atoms with E-state index < -0.39 is 35.5 Å². The molecule has 1 fully saturated rings. The van der Waals surface area contributed by atoms with Crippen molar-refractivity contribution in [3.8, 4) is 5.75 Å². The van der Waals surface area contributed by atoms with Crippen LogP contribution in [0.5, 0.6) is 5.75 Å². The van der Waals surface area contributed by atoms with Crippen LogP contribution in [0, 0.1) is 18.6 Å². The number of halogens is 2. The number of anilines is 1. The SMILES string of the molecule is COc1cc(F)c([C@H]2CNC(=O)[C@@H]2NC(=O)Nc2ccc(C)cc2)c(F)c1. The van der Waals surface area contributed by atoms with Crippen LogP contribution in [0.1, 0.15) is 17.0 Å². The third-order valence-electron chi connectivity index (χ3n) is 4.44. The topological polar surface area (TPSA) is 79.5 Å². The molecule has 0 aliphatic carbocycles. The summed E-state index contributed by atoms with van der Waals surface area (Å²) < 4.78 is 33.6. The molecule has 3 rings (SSSR count). The zero-order valence-electron chi connectivity index (χ0n) is 14.8.